The molecule has 4 aromatic rings. The number of nitriles is 1. The molecule has 0 aliphatic rings. The second-order valence-electron chi connectivity index (χ2n) is 7.46. The van der Waals surface area contributed by atoms with Crippen LogP contribution < -0.4 is 4.74 Å². The number of aryl methyl sites for hydroxylation is 3. The zero-order valence-electron chi connectivity index (χ0n) is 18.5. The zero-order chi connectivity index (χ0) is 23.4. The first kappa shape index (κ1) is 21.8. The molecule has 166 valence electrons. The lowest BCUT2D eigenvalue weighted by Crippen LogP contribution is -2.10. The van der Waals surface area contributed by atoms with Crippen molar-refractivity contribution in [2.24, 2.45) is 0 Å². The lowest BCUT2D eigenvalue weighted by molar-refractivity contribution is 0.0464. The van der Waals surface area contributed by atoms with Gasteiger partial charge in [-0.25, -0.2) is 9.48 Å². The van der Waals surface area contributed by atoms with Gasteiger partial charge < -0.3 is 14.0 Å². The Bertz CT molecular complexity index is 1300. The monoisotopic (exact) mass is 442 g/mol. The second kappa shape index (κ2) is 9.40. The van der Waals surface area contributed by atoms with Crippen LogP contribution >= 0.6 is 0 Å². The highest BCUT2D eigenvalue weighted by Gasteiger charge is 2.19. The summed E-state index contributed by atoms with van der Waals surface area (Å²) in [5.74, 6) is 0.820. The van der Waals surface area contributed by atoms with Crippen LogP contribution in [0, 0.1) is 32.1 Å². The van der Waals surface area contributed by atoms with Gasteiger partial charge in [0.15, 0.2) is 0 Å². The van der Waals surface area contributed by atoms with Crippen LogP contribution in [-0.4, -0.2) is 20.9 Å². The average Bonchev–Trinajstić information content (AvgIpc) is 3.34. The Morgan fingerprint density at radius 2 is 1.76 bits per heavy atom. The predicted molar refractivity (Wildman–Crippen MR) is 119 cm³/mol. The molecule has 0 N–H and O–H groups in total. The highest BCUT2D eigenvalue weighted by molar-refractivity contribution is 5.89. The van der Waals surface area contributed by atoms with E-state index in [0.717, 1.165) is 22.7 Å². The van der Waals surface area contributed by atoms with E-state index in [0.29, 0.717) is 34.9 Å². The van der Waals surface area contributed by atoms with Crippen LogP contribution in [0.2, 0.25) is 0 Å². The molecule has 0 spiro atoms. The SMILES string of the molecule is Cc1nn(-c2ccccc2)c(COC(=O)c2ccc(OCc3c(C)noc3C)cc2)c1C#N. The Labute approximate surface area is 191 Å². The van der Waals surface area contributed by atoms with E-state index in [9.17, 15) is 10.1 Å². The van der Waals surface area contributed by atoms with E-state index in [2.05, 4.69) is 16.3 Å². The lowest BCUT2D eigenvalue weighted by atomic mass is 10.2. The molecule has 0 saturated carbocycles. The summed E-state index contributed by atoms with van der Waals surface area (Å²) in [6, 6.07) is 18.2. The maximum Gasteiger partial charge on any atom is 0.338 e. The minimum atomic E-state index is -0.505. The molecule has 8 nitrogen and oxygen atoms in total. The van der Waals surface area contributed by atoms with Crippen LogP contribution in [0.15, 0.2) is 59.1 Å². The normalized spacial score (nSPS) is 10.6. The molecule has 0 saturated heterocycles. The number of carbonyl (C=O) groups is 1. The molecule has 0 amide bonds. The fourth-order valence-corrected chi connectivity index (χ4v) is 3.40. The van der Waals surface area contributed by atoms with Crippen molar-refractivity contribution in [2.75, 3.05) is 0 Å². The van der Waals surface area contributed by atoms with E-state index in [-0.39, 0.29) is 6.61 Å². The summed E-state index contributed by atoms with van der Waals surface area (Å²) in [6.45, 7) is 5.69. The molecule has 0 aliphatic carbocycles. The largest absolute Gasteiger partial charge is 0.489 e. The van der Waals surface area contributed by atoms with Crippen molar-refractivity contribution in [1.29, 1.82) is 5.26 Å². The molecule has 2 aromatic heterocycles. The standard InChI is InChI=1S/C25H22N4O4/c1-16-22(13-26)24(29(27-16)20-7-5-4-6-8-20)15-32-25(30)19-9-11-21(12-10-19)31-14-23-17(2)28-33-18(23)3/h4-12H,14-15H2,1-3H3. The molecule has 0 atom stereocenters. The fraction of sp³-hybridized carbons (Fsp3) is 0.200. The van der Waals surface area contributed by atoms with E-state index in [1.807, 2.05) is 44.2 Å². The summed E-state index contributed by atoms with van der Waals surface area (Å²) in [7, 11) is 0. The van der Waals surface area contributed by atoms with Crippen LogP contribution in [-0.2, 0) is 18.0 Å². The van der Waals surface area contributed by atoms with Crippen molar-refractivity contribution >= 4 is 5.97 Å². The number of rotatable bonds is 7. The van der Waals surface area contributed by atoms with Crippen molar-refractivity contribution in [3.05, 3.63) is 94.1 Å². The molecular weight excluding hydrogens is 420 g/mol. The Balaban J connectivity index is 1.44. The van der Waals surface area contributed by atoms with Gasteiger partial charge in [-0.3, -0.25) is 0 Å². The second-order valence-corrected chi connectivity index (χ2v) is 7.46. The van der Waals surface area contributed by atoms with Crippen molar-refractivity contribution in [3.63, 3.8) is 0 Å². The lowest BCUT2D eigenvalue weighted by Gasteiger charge is -2.10. The summed E-state index contributed by atoms with van der Waals surface area (Å²) in [4.78, 5) is 12.6. The van der Waals surface area contributed by atoms with Gasteiger partial charge in [0.05, 0.1) is 33.9 Å². The van der Waals surface area contributed by atoms with Crippen LogP contribution in [0.3, 0.4) is 0 Å². The van der Waals surface area contributed by atoms with Crippen molar-refractivity contribution in [1.82, 2.24) is 14.9 Å². The minimum Gasteiger partial charge on any atom is -0.489 e. The number of aromatic nitrogens is 3. The summed E-state index contributed by atoms with van der Waals surface area (Å²) in [5.41, 5.74) is 4.34. The first-order valence-corrected chi connectivity index (χ1v) is 10.3. The molecule has 2 aromatic carbocycles. The Morgan fingerprint density at radius 3 is 2.39 bits per heavy atom. The number of carbonyl (C=O) groups excluding carboxylic acids is 1. The Hall–Kier alpha value is -4.38. The highest BCUT2D eigenvalue weighted by Crippen LogP contribution is 2.21. The third-order valence-electron chi connectivity index (χ3n) is 5.26. The van der Waals surface area contributed by atoms with E-state index in [1.54, 1.807) is 35.9 Å². The van der Waals surface area contributed by atoms with Gasteiger partial charge in [-0.2, -0.15) is 10.4 Å². The van der Waals surface area contributed by atoms with E-state index in [4.69, 9.17) is 14.0 Å². The first-order valence-electron chi connectivity index (χ1n) is 10.3. The number of nitrogens with zero attached hydrogens (tertiary/aromatic N) is 4. The van der Waals surface area contributed by atoms with Gasteiger partial charge in [-0.05, 0) is 57.2 Å². The third-order valence-corrected chi connectivity index (χ3v) is 5.26. The molecule has 2 heterocycles. The minimum absolute atomic E-state index is 0.0816. The number of benzene rings is 2. The van der Waals surface area contributed by atoms with Gasteiger partial charge in [-0.15, -0.1) is 0 Å². The van der Waals surface area contributed by atoms with Gasteiger partial charge >= 0.3 is 5.97 Å². The number of hydrogen-bond acceptors (Lipinski definition) is 7. The number of ether oxygens (including phenoxy) is 2. The van der Waals surface area contributed by atoms with E-state index >= 15 is 0 Å². The van der Waals surface area contributed by atoms with E-state index < -0.39 is 5.97 Å². The quantitative estimate of drug-likeness (QED) is 0.386. The van der Waals surface area contributed by atoms with Gasteiger partial charge in [0.2, 0.25) is 0 Å². The van der Waals surface area contributed by atoms with Crippen LogP contribution in [0.25, 0.3) is 5.69 Å². The van der Waals surface area contributed by atoms with Crippen molar-refractivity contribution in [3.8, 4) is 17.5 Å². The molecular formula is C25H22N4O4. The van der Waals surface area contributed by atoms with Gasteiger partial charge in [0.25, 0.3) is 0 Å². The number of hydrogen-bond donors (Lipinski definition) is 0. The maximum absolute atomic E-state index is 12.6. The zero-order valence-corrected chi connectivity index (χ0v) is 18.5. The molecule has 0 fully saturated rings. The topological polar surface area (TPSA) is 103 Å². The van der Waals surface area contributed by atoms with E-state index in [1.165, 1.54) is 0 Å². The summed E-state index contributed by atoms with van der Waals surface area (Å²) >= 11 is 0. The van der Waals surface area contributed by atoms with Crippen molar-refractivity contribution < 1.29 is 18.8 Å². The molecule has 4 rings (SSSR count). The summed E-state index contributed by atoms with van der Waals surface area (Å²) in [5, 5.41) is 17.9. The highest BCUT2D eigenvalue weighted by atomic mass is 16.5. The third kappa shape index (κ3) is 4.62. The number of esters is 1. The number of para-hydroxylation sites is 1. The van der Waals surface area contributed by atoms with Crippen molar-refractivity contribution in [2.45, 2.75) is 34.0 Å². The van der Waals surface area contributed by atoms with Crippen LogP contribution in [0.5, 0.6) is 5.75 Å². The van der Waals surface area contributed by atoms with Gasteiger partial charge in [0, 0.05) is 0 Å². The van der Waals surface area contributed by atoms with Crippen LogP contribution in [0.1, 0.15) is 44.3 Å². The summed E-state index contributed by atoms with van der Waals surface area (Å²) < 4.78 is 18.1. The predicted octanol–water partition coefficient (Wildman–Crippen LogP) is 4.59. The molecule has 0 radical (unpaired) electrons. The Kier molecular flexibility index (Phi) is 6.22. The molecule has 8 heteroatoms. The van der Waals surface area contributed by atoms with Crippen LogP contribution in [0.4, 0.5) is 0 Å². The van der Waals surface area contributed by atoms with Gasteiger partial charge in [-0.1, -0.05) is 23.4 Å². The smallest absolute Gasteiger partial charge is 0.338 e. The molecule has 0 bridgehead atoms. The molecule has 33 heavy (non-hydrogen) atoms. The maximum atomic E-state index is 12.6. The average molecular weight is 442 g/mol. The fourth-order valence-electron chi connectivity index (χ4n) is 3.40. The first-order chi connectivity index (χ1) is 16.0. The molecule has 0 unspecified atom stereocenters. The Morgan fingerprint density at radius 1 is 1.03 bits per heavy atom. The summed E-state index contributed by atoms with van der Waals surface area (Å²) in [6.07, 6.45) is 0. The molecule has 0 aliphatic heterocycles. The van der Waals surface area contributed by atoms with Gasteiger partial charge in [0.1, 0.15) is 36.4 Å².